The van der Waals surface area contributed by atoms with Crippen molar-refractivity contribution in [3.8, 4) is 0 Å². The van der Waals surface area contributed by atoms with Crippen molar-refractivity contribution >= 4 is 5.78 Å². The van der Waals surface area contributed by atoms with E-state index in [2.05, 4.69) is 13.5 Å². The van der Waals surface area contributed by atoms with Gasteiger partial charge in [-0.15, -0.1) is 6.58 Å². The third-order valence-corrected chi connectivity index (χ3v) is 3.36. The molecule has 0 aromatic rings. The van der Waals surface area contributed by atoms with Crippen LogP contribution in [-0.4, -0.2) is 18.5 Å². The van der Waals surface area contributed by atoms with Gasteiger partial charge in [0.25, 0.3) is 0 Å². The molecule has 1 heterocycles. The van der Waals surface area contributed by atoms with Gasteiger partial charge in [0.05, 0.1) is 6.10 Å². The Morgan fingerprint density at radius 1 is 1.44 bits per heavy atom. The first kappa shape index (κ1) is 13.4. The topological polar surface area (TPSA) is 26.3 Å². The SMILES string of the molecule is C=CCCCCCC(=O)C1CCOC1CC. The quantitative estimate of drug-likeness (QED) is 0.466. The fourth-order valence-corrected chi connectivity index (χ4v) is 2.37. The number of carbonyl (C=O) groups is 1. The maximum atomic E-state index is 11.9. The van der Waals surface area contributed by atoms with Gasteiger partial charge in [0, 0.05) is 18.9 Å². The zero-order valence-corrected chi connectivity index (χ0v) is 10.4. The Bertz CT molecular complexity index is 223. The molecule has 0 spiro atoms. The van der Waals surface area contributed by atoms with E-state index in [-0.39, 0.29) is 12.0 Å². The molecule has 0 aliphatic carbocycles. The van der Waals surface area contributed by atoms with Crippen LogP contribution < -0.4 is 0 Å². The molecule has 0 aromatic carbocycles. The zero-order chi connectivity index (χ0) is 11.8. The van der Waals surface area contributed by atoms with Gasteiger partial charge >= 0.3 is 0 Å². The second kappa shape index (κ2) is 7.61. The van der Waals surface area contributed by atoms with E-state index in [9.17, 15) is 4.79 Å². The Kier molecular flexibility index (Phi) is 6.39. The van der Waals surface area contributed by atoms with Crippen LogP contribution in [0, 0.1) is 5.92 Å². The third kappa shape index (κ3) is 4.09. The van der Waals surface area contributed by atoms with E-state index in [4.69, 9.17) is 4.74 Å². The van der Waals surface area contributed by atoms with Crippen LogP contribution in [0.5, 0.6) is 0 Å². The van der Waals surface area contributed by atoms with E-state index >= 15 is 0 Å². The molecule has 16 heavy (non-hydrogen) atoms. The summed E-state index contributed by atoms with van der Waals surface area (Å²) in [7, 11) is 0. The normalized spacial score (nSPS) is 24.6. The largest absolute Gasteiger partial charge is 0.377 e. The highest BCUT2D eigenvalue weighted by molar-refractivity contribution is 5.81. The van der Waals surface area contributed by atoms with Crippen molar-refractivity contribution in [3.63, 3.8) is 0 Å². The third-order valence-electron chi connectivity index (χ3n) is 3.36. The average molecular weight is 224 g/mol. The van der Waals surface area contributed by atoms with Crippen molar-refractivity contribution in [3.05, 3.63) is 12.7 Å². The minimum absolute atomic E-state index is 0.185. The first-order valence-electron chi connectivity index (χ1n) is 6.54. The number of ether oxygens (including phenoxy) is 1. The Morgan fingerprint density at radius 2 is 2.25 bits per heavy atom. The molecule has 2 unspecified atom stereocenters. The highest BCUT2D eigenvalue weighted by Crippen LogP contribution is 2.25. The second-order valence-electron chi connectivity index (χ2n) is 4.57. The lowest BCUT2D eigenvalue weighted by Gasteiger charge is -2.15. The van der Waals surface area contributed by atoms with Gasteiger partial charge in [-0.05, 0) is 32.1 Å². The van der Waals surface area contributed by atoms with Gasteiger partial charge < -0.3 is 4.74 Å². The number of Topliss-reactive ketones (excluding diaryl/α,β-unsaturated/α-hetero) is 1. The lowest BCUT2D eigenvalue weighted by molar-refractivity contribution is -0.124. The number of carbonyl (C=O) groups excluding carboxylic acids is 1. The van der Waals surface area contributed by atoms with Crippen LogP contribution in [-0.2, 0) is 9.53 Å². The van der Waals surface area contributed by atoms with Gasteiger partial charge in [-0.25, -0.2) is 0 Å². The van der Waals surface area contributed by atoms with Crippen molar-refractivity contribution in [2.75, 3.05) is 6.61 Å². The molecular weight excluding hydrogens is 200 g/mol. The highest BCUT2D eigenvalue weighted by atomic mass is 16.5. The summed E-state index contributed by atoms with van der Waals surface area (Å²) in [6.07, 6.45) is 9.17. The minimum Gasteiger partial charge on any atom is -0.377 e. The van der Waals surface area contributed by atoms with Crippen LogP contribution in [0.15, 0.2) is 12.7 Å². The Morgan fingerprint density at radius 3 is 2.94 bits per heavy atom. The van der Waals surface area contributed by atoms with Crippen molar-refractivity contribution in [1.29, 1.82) is 0 Å². The monoisotopic (exact) mass is 224 g/mol. The molecule has 0 amide bonds. The molecule has 0 saturated carbocycles. The van der Waals surface area contributed by atoms with Gasteiger partial charge in [-0.1, -0.05) is 19.4 Å². The molecule has 0 bridgehead atoms. The predicted molar refractivity (Wildman–Crippen MR) is 66.4 cm³/mol. The van der Waals surface area contributed by atoms with Gasteiger partial charge in [0.1, 0.15) is 5.78 Å². The van der Waals surface area contributed by atoms with Crippen LogP contribution in [0.2, 0.25) is 0 Å². The van der Waals surface area contributed by atoms with Crippen LogP contribution in [0.1, 0.15) is 51.9 Å². The molecule has 2 atom stereocenters. The lowest BCUT2D eigenvalue weighted by Crippen LogP contribution is -2.23. The summed E-state index contributed by atoms with van der Waals surface area (Å²) in [6.45, 7) is 6.56. The number of allylic oxidation sites excluding steroid dienone is 1. The summed E-state index contributed by atoms with van der Waals surface area (Å²) < 4.78 is 5.55. The predicted octanol–water partition coefficient (Wildman–Crippen LogP) is 3.51. The Hall–Kier alpha value is -0.630. The summed E-state index contributed by atoms with van der Waals surface area (Å²) in [5.74, 6) is 0.604. The number of unbranched alkanes of at least 4 members (excludes halogenated alkanes) is 3. The maximum absolute atomic E-state index is 11.9. The van der Waals surface area contributed by atoms with Gasteiger partial charge in [-0.3, -0.25) is 4.79 Å². The number of rotatable bonds is 8. The lowest BCUT2D eigenvalue weighted by atomic mass is 9.91. The molecule has 1 rings (SSSR count). The van der Waals surface area contributed by atoms with Crippen molar-refractivity contribution in [1.82, 2.24) is 0 Å². The zero-order valence-electron chi connectivity index (χ0n) is 10.4. The summed E-state index contributed by atoms with van der Waals surface area (Å²) in [6, 6.07) is 0. The Balaban J connectivity index is 2.16. The van der Waals surface area contributed by atoms with Gasteiger partial charge in [0.15, 0.2) is 0 Å². The molecule has 0 radical (unpaired) electrons. The van der Waals surface area contributed by atoms with E-state index in [1.165, 1.54) is 0 Å². The van der Waals surface area contributed by atoms with Crippen molar-refractivity contribution in [2.45, 2.75) is 58.0 Å². The summed E-state index contributed by atoms with van der Waals surface area (Å²) in [4.78, 5) is 11.9. The van der Waals surface area contributed by atoms with Gasteiger partial charge in [0.2, 0.25) is 0 Å². The number of hydrogen-bond acceptors (Lipinski definition) is 2. The number of hydrogen-bond donors (Lipinski definition) is 0. The molecular formula is C14H24O2. The first-order valence-corrected chi connectivity index (χ1v) is 6.54. The van der Waals surface area contributed by atoms with E-state index in [1.807, 2.05) is 6.08 Å². The summed E-state index contributed by atoms with van der Waals surface area (Å²) in [5, 5.41) is 0. The molecule has 1 aliphatic rings. The smallest absolute Gasteiger partial charge is 0.138 e. The highest BCUT2D eigenvalue weighted by Gasteiger charge is 2.31. The molecule has 0 N–H and O–H groups in total. The van der Waals surface area contributed by atoms with Crippen molar-refractivity contribution < 1.29 is 9.53 Å². The molecule has 1 saturated heterocycles. The van der Waals surface area contributed by atoms with E-state index in [0.717, 1.165) is 51.6 Å². The van der Waals surface area contributed by atoms with E-state index in [0.29, 0.717) is 5.78 Å². The Labute approximate surface area is 99.1 Å². The summed E-state index contributed by atoms with van der Waals surface area (Å²) in [5.41, 5.74) is 0. The molecule has 92 valence electrons. The van der Waals surface area contributed by atoms with E-state index < -0.39 is 0 Å². The first-order chi connectivity index (χ1) is 7.79. The number of ketones is 1. The van der Waals surface area contributed by atoms with E-state index in [1.54, 1.807) is 0 Å². The fourth-order valence-electron chi connectivity index (χ4n) is 2.37. The minimum atomic E-state index is 0.185. The maximum Gasteiger partial charge on any atom is 0.138 e. The van der Waals surface area contributed by atoms with Crippen LogP contribution in [0.4, 0.5) is 0 Å². The standard InChI is InChI=1S/C14H24O2/c1-3-5-6-7-8-9-13(15)12-10-11-16-14(12)4-2/h3,12,14H,1,4-11H2,2H3. The fraction of sp³-hybridized carbons (Fsp3) is 0.786. The van der Waals surface area contributed by atoms with Crippen LogP contribution in [0.3, 0.4) is 0 Å². The molecule has 0 aromatic heterocycles. The van der Waals surface area contributed by atoms with Gasteiger partial charge in [-0.2, -0.15) is 0 Å². The van der Waals surface area contributed by atoms with Crippen LogP contribution >= 0.6 is 0 Å². The van der Waals surface area contributed by atoms with Crippen LogP contribution in [0.25, 0.3) is 0 Å². The summed E-state index contributed by atoms with van der Waals surface area (Å²) >= 11 is 0. The molecule has 1 aliphatic heterocycles. The second-order valence-corrected chi connectivity index (χ2v) is 4.57. The van der Waals surface area contributed by atoms with Crippen molar-refractivity contribution in [2.24, 2.45) is 5.92 Å². The average Bonchev–Trinajstić information content (AvgIpc) is 2.76. The molecule has 2 heteroatoms. The molecule has 1 fully saturated rings. The molecule has 2 nitrogen and oxygen atoms in total.